The van der Waals surface area contributed by atoms with E-state index in [1.807, 2.05) is 0 Å². The van der Waals surface area contributed by atoms with E-state index in [1.165, 1.54) is 38.1 Å². The summed E-state index contributed by atoms with van der Waals surface area (Å²) in [6.45, 7) is 0. The monoisotopic (exact) mass is 399 g/mol. The average Bonchev–Trinajstić information content (AvgIpc) is 3.02. The Morgan fingerprint density at radius 3 is 2.22 bits per heavy atom. The van der Waals surface area contributed by atoms with Gasteiger partial charge >= 0.3 is 12.0 Å². The second kappa shape index (κ2) is 7.90. The summed E-state index contributed by atoms with van der Waals surface area (Å²) in [7, 11) is 0.887. The average molecular weight is 399 g/mol. The van der Waals surface area contributed by atoms with Gasteiger partial charge in [-0.15, -0.1) is 0 Å². The lowest BCUT2D eigenvalue weighted by molar-refractivity contribution is 0.0585. The molecule has 2 heterocycles. The van der Waals surface area contributed by atoms with Crippen LogP contribution in [0.25, 0.3) is 0 Å². The van der Waals surface area contributed by atoms with Crippen LogP contribution in [0.15, 0.2) is 23.2 Å². The van der Waals surface area contributed by atoms with Crippen LogP contribution in [0, 0.1) is 0 Å². The van der Waals surface area contributed by atoms with E-state index in [1.54, 1.807) is 4.72 Å². The Kier molecular flexibility index (Phi) is 5.85. The van der Waals surface area contributed by atoms with Gasteiger partial charge < -0.3 is 18.8 Å². The van der Waals surface area contributed by atoms with Crippen molar-refractivity contribution in [2.24, 2.45) is 7.05 Å². The minimum atomic E-state index is -4.38. The van der Waals surface area contributed by atoms with Gasteiger partial charge in [0.2, 0.25) is 17.7 Å². The van der Waals surface area contributed by atoms with Crippen molar-refractivity contribution in [2.75, 3.05) is 26.6 Å². The maximum atomic E-state index is 12.5. The van der Waals surface area contributed by atoms with Gasteiger partial charge in [-0.1, -0.05) is 0 Å². The fraction of sp³-hybridized carbons (Fsp3) is 0.286. The molecule has 0 aliphatic rings. The highest BCUT2D eigenvalue weighted by Gasteiger charge is 2.28. The first kappa shape index (κ1) is 20.0. The van der Waals surface area contributed by atoms with E-state index in [9.17, 15) is 18.0 Å². The number of aromatic nitrogens is 3. The highest BCUT2D eigenvalue weighted by molar-refractivity contribution is 7.90. The summed E-state index contributed by atoms with van der Waals surface area (Å²) in [4.78, 5) is 31.1. The molecule has 2 aromatic heterocycles. The Morgan fingerprint density at radius 2 is 1.70 bits per heavy atom. The highest BCUT2D eigenvalue weighted by Crippen LogP contribution is 2.19. The van der Waals surface area contributed by atoms with Gasteiger partial charge in [0.25, 0.3) is 10.0 Å². The third-order valence-corrected chi connectivity index (χ3v) is 4.62. The number of carbonyl (C=O) groups excluding carboxylic acids is 2. The number of ether oxygens (including phenoxy) is 3. The van der Waals surface area contributed by atoms with Gasteiger partial charge in [-0.25, -0.2) is 22.7 Å². The third-order valence-electron chi connectivity index (χ3n) is 3.25. The molecule has 12 nitrogen and oxygen atoms in total. The SMILES string of the molecule is COC(=O)c1c(S(=O)(=O)NC(=O)Nc2nc(OC)cc(OC)n2)ccn1C. The molecular weight excluding hydrogens is 382 g/mol. The highest BCUT2D eigenvalue weighted by atomic mass is 32.2. The molecule has 146 valence electrons. The van der Waals surface area contributed by atoms with Gasteiger partial charge in [-0.05, 0) is 6.07 Å². The van der Waals surface area contributed by atoms with Crippen molar-refractivity contribution in [1.82, 2.24) is 19.3 Å². The van der Waals surface area contributed by atoms with E-state index in [4.69, 9.17) is 9.47 Å². The van der Waals surface area contributed by atoms with E-state index in [-0.39, 0.29) is 23.4 Å². The molecule has 2 aromatic rings. The van der Waals surface area contributed by atoms with Crippen molar-refractivity contribution in [1.29, 1.82) is 0 Å². The first-order chi connectivity index (χ1) is 12.7. The Balaban J connectivity index is 2.24. The number of amides is 2. The number of carbonyl (C=O) groups is 2. The first-order valence-corrected chi connectivity index (χ1v) is 8.74. The predicted molar refractivity (Wildman–Crippen MR) is 91.2 cm³/mol. The molecule has 2 N–H and O–H groups in total. The Hall–Kier alpha value is -3.35. The molecule has 2 amide bonds. The van der Waals surface area contributed by atoms with Crippen LogP contribution in [-0.2, 0) is 21.8 Å². The number of hydrogen-bond acceptors (Lipinski definition) is 9. The molecule has 0 bridgehead atoms. The number of methoxy groups -OCH3 is 3. The summed E-state index contributed by atoms with van der Waals surface area (Å²) in [6.07, 6.45) is 1.34. The number of aryl methyl sites for hydroxylation is 1. The lowest BCUT2D eigenvalue weighted by Crippen LogP contribution is -2.35. The van der Waals surface area contributed by atoms with Crippen molar-refractivity contribution < 1.29 is 32.2 Å². The standard InChI is InChI=1S/C14H17N5O7S/c1-19-6-5-8(11(19)12(20)26-4)27(22,23)18-14(21)17-13-15-9(24-2)7-10(16-13)25-3/h5-7H,1-4H3,(H2,15,16,17,18,21). The molecule has 0 saturated heterocycles. The Labute approximate surface area is 154 Å². The zero-order chi connectivity index (χ0) is 20.2. The normalized spacial score (nSPS) is 10.8. The lowest BCUT2D eigenvalue weighted by atomic mass is 10.4. The fourth-order valence-electron chi connectivity index (χ4n) is 2.04. The van der Waals surface area contributed by atoms with Crippen molar-refractivity contribution in [3.63, 3.8) is 0 Å². The minimum Gasteiger partial charge on any atom is -0.481 e. The van der Waals surface area contributed by atoms with E-state index in [0.29, 0.717) is 0 Å². The summed E-state index contributed by atoms with van der Waals surface area (Å²) in [5.41, 5.74) is -0.239. The molecule has 0 saturated carbocycles. The second-order valence-electron chi connectivity index (χ2n) is 4.97. The molecule has 27 heavy (non-hydrogen) atoms. The van der Waals surface area contributed by atoms with E-state index in [2.05, 4.69) is 20.0 Å². The zero-order valence-corrected chi connectivity index (χ0v) is 15.7. The summed E-state index contributed by atoms with van der Waals surface area (Å²) < 4.78 is 42.4. The van der Waals surface area contributed by atoms with Crippen LogP contribution in [0.1, 0.15) is 10.5 Å². The zero-order valence-electron chi connectivity index (χ0n) is 14.8. The number of sulfonamides is 1. The van der Waals surface area contributed by atoms with E-state index in [0.717, 1.165) is 13.2 Å². The molecule has 0 aromatic carbocycles. The van der Waals surface area contributed by atoms with Crippen LogP contribution >= 0.6 is 0 Å². The third kappa shape index (κ3) is 4.44. The largest absolute Gasteiger partial charge is 0.481 e. The van der Waals surface area contributed by atoms with Crippen LogP contribution in [0.4, 0.5) is 10.7 Å². The van der Waals surface area contributed by atoms with Crippen LogP contribution < -0.4 is 19.5 Å². The molecule has 0 spiro atoms. The Morgan fingerprint density at radius 1 is 1.11 bits per heavy atom. The summed E-state index contributed by atoms with van der Waals surface area (Å²) in [5.74, 6) is -0.934. The van der Waals surface area contributed by atoms with Gasteiger partial charge in [-0.3, -0.25) is 5.32 Å². The van der Waals surface area contributed by atoms with Crippen molar-refractivity contribution in [2.45, 2.75) is 4.90 Å². The van der Waals surface area contributed by atoms with Gasteiger partial charge in [0.05, 0.1) is 27.4 Å². The number of nitrogens with zero attached hydrogens (tertiary/aromatic N) is 3. The number of rotatable bonds is 6. The quantitative estimate of drug-likeness (QED) is 0.646. The molecule has 0 aliphatic heterocycles. The number of urea groups is 1. The van der Waals surface area contributed by atoms with Gasteiger partial charge in [0, 0.05) is 13.2 Å². The molecule has 0 fully saturated rings. The van der Waals surface area contributed by atoms with Gasteiger partial charge in [0.1, 0.15) is 10.6 Å². The van der Waals surface area contributed by atoms with Crippen LogP contribution in [0.5, 0.6) is 11.8 Å². The summed E-state index contributed by atoms with van der Waals surface area (Å²) in [5, 5.41) is 2.15. The van der Waals surface area contributed by atoms with E-state index < -0.39 is 26.9 Å². The fourth-order valence-corrected chi connectivity index (χ4v) is 3.16. The smallest absolute Gasteiger partial charge is 0.356 e. The predicted octanol–water partition coefficient (Wildman–Crippen LogP) is 0.129. The maximum absolute atomic E-state index is 12.5. The maximum Gasteiger partial charge on any atom is 0.356 e. The number of nitrogens with one attached hydrogen (secondary N) is 2. The Bertz CT molecular complexity index is 948. The topological polar surface area (TPSA) is 151 Å². The molecule has 2 rings (SSSR count). The van der Waals surface area contributed by atoms with Gasteiger partial charge in [0.15, 0.2) is 0 Å². The number of esters is 1. The van der Waals surface area contributed by atoms with Gasteiger partial charge in [-0.2, -0.15) is 9.97 Å². The molecule has 0 aliphatic carbocycles. The number of hydrogen-bond donors (Lipinski definition) is 2. The van der Waals surface area contributed by atoms with Crippen LogP contribution in [0.3, 0.4) is 0 Å². The van der Waals surface area contributed by atoms with Crippen molar-refractivity contribution >= 4 is 28.0 Å². The van der Waals surface area contributed by atoms with Crippen LogP contribution in [-0.4, -0.2) is 56.3 Å². The van der Waals surface area contributed by atoms with Crippen molar-refractivity contribution in [3.8, 4) is 11.8 Å². The summed E-state index contributed by atoms with van der Waals surface area (Å²) >= 11 is 0. The number of anilines is 1. The summed E-state index contributed by atoms with van der Waals surface area (Å²) in [6, 6.07) is 1.38. The first-order valence-electron chi connectivity index (χ1n) is 7.26. The molecular formula is C14H17N5O7S. The second-order valence-corrected chi connectivity index (χ2v) is 6.62. The minimum absolute atomic E-state index is 0.0936. The van der Waals surface area contributed by atoms with E-state index >= 15 is 0 Å². The lowest BCUT2D eigenvalue weighted by Gasteiger charge is -2.10. The molecule has 13 heteroatoms. The molecule has 0 unspecified atom stereocenters. The van der Waals surface area contributed by atoms with Crippen molar-refractivity contribution in [3.05, 3.63) is 24.0 Å². The molecule has 0 radical (unpaired) electrons. The molecule has 0 atom stereocenters. The van der Waals surface area contributed by atoms with Crippen LogP contribution in [0.2, 0.25) is 0 Å².